The van der Waals surface area contributed by atoms with Gasteiger partial charge in [-0.1, -0.05) is 0 Å². The highest BCUT2D eigenvalue weighted by molar-refractivity contribution is 5.46. The van der Waals surface area contributed by atoms with Crippen LogP contribution < -0.4 is 10.5 Å². The highest BCUT2D eigenvalue weighted by atomic mass is 19.4. The van der Waals surface area contributed by atoms with E-state index < -0.39 is 30.0 Å². The van der Waals surface area contributed by atoms with E-state index in [1.807, 2.05) is 0 Å². The number of nitrogens with two attached hydrogens (primary N) is 1. The lowest BCUT2D eigenvalue weighted by Crippen LogP contribution is -2.19. The summed E-state index contributed by atoms with van der Waals surface area (Å²) >= 11 is 0. The first kappa shape index (κ1) is 12.5. The van der Waals surface area contributed by atoms with Gasteiger partial charge in [0, 0.05) is 5.56 Å². The lowest BCUT2D eigenvalue weighted by Gasteiger charge is -2.12. The smallest absolute Gasteiger partial charge is 0.388 e. The molecule has 16 heavy (non-hydrogen) atoms. The predicted octanol–water partition coefficient (Wildman–Crippen LogP) is 2.81. The molecule has 0 aliphatic carbocycles. The molecule has 3 nitrogen and oxygen atoms in total. The number of anilines is 1. The third-order valence-electron chi connectivity index (χ3n) is 1.67. The number of nitrogens with zero attached hydrogens (tertiary/aromatic N) is 1. The van der Waals surface area contributed by atoms with E-state index in [4.69, 9.17) is 5.73 Å². The average Bonchev–Trinajstić information content (AvgIpc) is 2.07. The Morgan fingerprint density at radius 3 is 2.38 bits per heavy atom. The predicted molar refractivity (Wildman–Crippen MR) is 45.0 cm³/mol. The molecular weight excluding hydrogens is 235 g/mol. The number of halogens is 5. The van der Waals surface area contributed by atoms with E-state index in [-0.39, 0.29) is 5.56 Å². The number of hydrogen-bond donors (Lipinski definition) is 1. The Morgan fingerprint density at radius 2 is 1.94 bits per heavy atom. The molecule has 0 aromatic carbocycles. The molecule has 2 N–H and O–H groups in total. The van der Waals surface area contributed by atoms with Crippen molar-refractivity contribution < 1.29 is 26.7 Å². The molecule has 0 aliphatic rings. The van der Waals surface area contributed by atoms with E-state index in [1.54, 1.807) is 0 Å². The van der Waals surface area contributed by atoms with Crippen molar-refractivity contribution in [2.45, 2.75) is 19.7 Å². The number of ether oxygens (including phenoxy) is 1. The molecule has 1 heterocycles. The minimum Gasteiger partial charge on any atom is -0.388 e. The molecule has 0 saturated carbocycles. The van der Waals surface area contributed by atoms with Gasteiger partial charge in [0.1, 0.15) is 5.82 Å². The van der Waals surface area contributed by atoms with Crippen LogP contribution in [0.1, 0.15) is 17.6 Å². The minimum absolute atomic E-state index is 0.165. The fourth-order valence-corrected chi connectivity index (χ4v) is 1.02. The maximum Gasteiger partial charge on any atom is 0.574 e. The largest absolute Gasteiger partial charge is 0.574 e. The summed E-state index contributed by atoms with van der Waals surface area (Å²) in [7, 11) is 0. The van der Waals surface area contributed by atoms with Crippen LogP contribution in [-0.2, 0) is 0 Å². The van der Waals surface area contributed by atoms with Gasteiger partial charge in [-0.3, -0.25) is 0 Å². The van der Waals surface area contributed by atoms with Gasteiger partial charge < -0.3 is 10.5 Å². The quantitative estimate of drug-likeness (QED) is 0.811. The Balaban J connectivity index is 3.11. The van der Waals surface area contributed by atoms with Crippen LogP contribution in [0, 0.1) is 6.92 Å². The zero-order valence-electron chi connectivity index (χ0n) is 7.98. The topological polar surface area (TPSA) is 48.1 Å². The van der Waals surface area contributed by atoms with E-state index >= 15 is 0 Å². The molecule has 8 heteroatoms. The van der Waals surface area contributed by atoms with Crippen LogP contribution in [0.15, 0.2) is 6.07 Å². The number of alkyl halides is 5. The summed E-state index contributed by atoms with van der Waals surface area (Å²) in [6.45, 7) is 1.17. The molecule has 1 rings (SSSR count). The van der Waals surface area contributed by atoms with Gasteiger partial charge in [0.15, 0.2) is 0 Å². The summed E-state index contributed by atoms with van der Waals surface area (Å²) in [6.07, 6.45) is -7.83. The van der Waals surface area contributed by atoms with Crippen molar-refractivity contribution in [2.24, 2.45) is 0 Å². The molecular formula is C8H7F5N2O. The maximum atomic E-state index is 12.3. The van der Waals surface area contributed by atoms with Gasteiger partial charge in [-0.05, 0) is 13.0 Å². The molecule has 1 aromatic heterocycles. The number of pyridine rings is 1. The minimum atomic E-state index is -4.93. The Morgan fingerprint density at radius 1 is 1.38 bits per heavy atom. The molecule has 0 unspecified atom stereocenters. The Bertz CT molecular complexity index is 391. The summed E-state index contributed by atoms with van der Waals surface area (Å²) in [5, 5.41) is 0. The third kappa shape index (κ3) is 2.94. The summed E-state index contributed by atoms with van der Waals surface area (Å²) in [5.74, 6) is -1.51. The van der Waals surface area contributed by atoms with Crippen LogP contribution in [0.25, 0.3) is 0 Å². The van der Waals surface area contributed by atoms with E-state index in [0.29, 0.717) is 0 Å². The van der Waals surface area contributed by atoms with E-state index in [0.717, 1.165) is 6.07 Å². The lowest BCUT2D eigenvalue weighted by atomic mass is 10.2. The van der Waals surface area contributed by atoms with Crippen LogP contribution in [0.2, 0.25) is 0 Å². The van der Waals surface area contributed by atoms with Crippen LogP contribution in [-0.4, -0.2) is 11.3 Å². The first-order valence-corrected chi connectivity index (χ1v) is 4.01. The zero-order chi connectivity index (χ0) is 12.5. The fraction of sp³-hybridized carbons (Fsp3) is 0.375. The summed E-state index contributed by atoms with van der Waals surface area (Å²) in [6, 6.07) is 0.814. The molecule has 0 saturated heterocycles. The number of hydrogen-bond acceptors (Lipinski definition) is 3. The summed E-state index contributed by atoms with van der Waals surface area (Å²) in [5.41, 5.74) is 4.29. The van der Waals surface area contributed by atoms with Crippen molar-refractivity contribution in [3.8, 4) is 5.88 Å². The van der Waals surface area contributed by atoms with Gasteiger partial charge in [0.25, 0.3) is 6.43 Å². The Labute approximate surface area is 87.0 Å². The molecule has 0 fully saturated rings. The van der Waals surface area contributed by atoms with E-state index in [1.165, 1.54) is 6.92 Å². The second kappa shape index (κ2) is 4.11. The molecule has 1 aromatic rings. The molecule has 90 valence electrons. The molecule has 0 amide bonds. The first-order valence-electron chi connectivity index (χ1n) is 4.01. The van der Waals surface area contributed by atoms with Crippen molar-refractivity contribution in [1.82, 2.24) is 4.98 Å². The van der Waals surface area contributed by atoms with Crippen LogP contribution >= 0.6 is 0 Å². The number of nitrogen functional groups attached to an aromatic ring is 1. The van der Waals surface area contributed by atoms with Gasteiger partial charge in [-0.2, -0.15) is 4.98 Å². The Hall–Kier alpha value is -1.60. The second-order valence-corrected chi connectivity index (χ2v) is 2.93. The first-order chi connectivity index (χ1) is 7.20. The summed E-state index contributed by atoms with van der Waals surface area (Å²) in [4.78, 5) is 3.13. The van der Waals surface area contributed by atoms with Crippen molar-refractivity contribution in [3.05, 3.63) is 17.2 Å². The maximum absolute atomic E-state index is 12.3. The van der Waals surface area contributed by atoms with Gasteiger partial charge >= 0.3 is 6.36 Å². The molecule has 0 spiro atoms. The van der Waals surface area contributed by atoms with Crippen molar-refractivity contribution in [3.63, 3.8) is 0 Å². The number of rotatable bonds is 2. The third-order valence-corrected chi connectivity index (χ3v) is 1.67. The fourth-order valence-electron chi connectivity index (χ4n) is 1.02. The Kier molecular flexibility index (Phi) is 3.20. The normalized spacial score (nSPS) is 11.9. The lowest BCUT2D eigenvalue weighted by molar-refractivity contribution is -0.276. The highest BCUT2D eigenvalue weighted by Gasteiger charge is 2.33. The van der Waals surface area contributed by atoms with E-state index in [9.17, 15) is 22.0 Å². The van der Waals surface area contributed by atoms with Gasteiger partial charge in [0.05, 0.1) is 5.56 Å². The van der Waals surface area contributed by atoms with Gasteiger partial charge in [-0.25, -0.2) is 8.78 Å². The molecule has 0 bridgehead atoms. The number of aryl methyl sites for hydroxylation is 1. The zero-order valence-corrected chi connectivity index (χ0v) is 7.98. The highest BCUT2D eigenvalue weighted by Crippen LogP contribution is 2.30. The standard InChI is InChI=1S/C8H7F5N2O/c1-3-2-4(5(9)10)6(14)15-7(3)16-8(11,12)13/h2,5H,1H3,(H2,14,15). The van der Waals surface area contributed by atoms with Crippen LogP contribution in [0.3, 0.4) is 0 Å². The van der Waals surface area contributed by atoms with Gasteiger partial charge in [0.2, 0.25) is 5.88 Å². The summed E-state index contributed by atoms with van der Waals surface area (Å²) < 4.78 is 63.7. The van der Waals surface area contributed by atoms with Crippen molar-refractivity contribution >= 4 is 5.82 Å². The van der Waals surface area contributed by atoms with E-state index in [2.05, 4.69) is 9.72 Å². The van der Waals surface area contributed by atoms with Crippen LogP contribution in [0.4, 0.5) is 27.8 Å². The number of aromatic nitrogens is 1. The van der Waals surface area contributed by atoms with Crippen molar-refractivity contribution in [2.75, 3.05) is 5.73 Å². The van der Waals surface area contributed by atoms with Crippen molar-refractivity contribution in [1.29, 1.82) is 0 Å². The average molecular weight is 242 g/mol. The molecule has 0 atom stereocenters. The van der Waals surface area contributed by atoms with Crippen LogP contribution in [0.5, 0.6) is 5.88 Å². The monoisotopic (exact) mass is 242 g/mol. The SMILES string of the molecule is Cc1cc(C(F)F)c(N)nc1OC(F)(F)F. The second-order valence-electron chi connectivity index (χ2n) is 2.93. The molecule has 0 radical (unpaired) electrons. The van der Waals surface area contributed by atoms with Gasteiger partial charge in [-0.15, -0.1) is 13.2 Å². The molecule has 0 aliphatic heterocycles.